The summed E-state index contributed by atoms with van der Waals surface area (Å²) in [5.41, 5.74) is 2.37. The van der Waals surface area contributed by atoms with Crippen molar-refractivity contribution >= 4 is 17.1 Å². The van der Waals surface area contributed by atoms with E-state index in [9.17, 15) is 0 Å². The Labute approximate surface area is 119 Å². The molecule has 0 amide bonds. The van der Waals surface area contributed by atoms with Gasteiger partial charge < -0.3 is 17.0 Å². The molecule has 0 fully saturated rings. The van der Waals surface area contributed by atoms with Crippen molar-refractivity contribution < 1.29 is 17.0 Å². The van der Waals surface area contributed by atoms with E-state index in [1.54, 1.807) is 0 Å². The maximum atomic E-state index is 5.40. The van der Waals surface area contributed by atoms with Crippen LogP contribution in [0.5, 0.6) is 0 Å². The molecule has 0 saturated heterocycles. The maximum absolute atomic E-state index is 5.40. The lowest BCUT2D eigenvalue weighted by Crippen LogP contribution is -3.00. The summed E-state index contributed by atoms with van der Waals surface area (Å²) in [5, 5.41) is 0. The second-order valence-corrected chi connectivity index (χ2v) is 4.42. The van der Waals surface area contributed by atoms with E-state index in [-0.39, 0.29) is 17.0 Å². The van der Waals surface area contributed by atoms with Gasteiger partial charge in [0.25, 0.3) is 0 Å². The second-order valence-electron chi connectivity index (χ2n) is 3.93. The Morgan fingerprint density at radius 1 is 1.24 bits per heavy atom. The highest BCUT2D eigenvalue weighted by Gasteiger charge is 2.28. The molecule has 0 atom stereocenters. The highest BCUT2D eigenvalue weighted by molar-refractivity contribution is 7.80. The number of benzene rings is 1. The fraction of sp³-hybridized carbons (Fsp3) is 0.231. The van der Waals surface area contributed by atoms with Gasteiger partial charge in [0.1, 0.15) is 6.54 Å². The van der Waals surface area contributed by atoms with Crippen molar-refractivity contribution in [1.29, 1.82) is 0 Å². The Balaban J connectivity index is 0.00000144. The van der Waals surface area contributed by atoms with E-state index in [0.29, 0.717) is 6.54 Å². The Bertz CT molecular complexity index is 414. The molecule has 0 unspecified atom stereocenters. The zero-order valence-electron chi connectivity index (χ0n) is 9.85. The summed E-state index contributed by atoms with van der Waals surface area (Å²) in [5.74, 6) is 0. The molecule has 0 spiro atoms. The minimum atomic E-state index is 0. The van der Waals surface area contributed by atoms with Crippen molar-refractivity contribution in [2.45, 2.75) is 6.92 Å². The molecular formula is C13H14BrN2S. The molecule has 0 saturated carbocycles. The van der Waals surface area contributed by atoms with Crippen LogP contribution in [0.4, 0.5) is 0 Å². The van der Waals surface area contributed by atoms with Crippen LogP contribution < -0.4 is 17.0 Å². The third-order valence-corrected chi connectivity index (χ3v) is 2.81. The number of aryl methyl sites for hydroxylation is 1. The molecule has 0 aliphatic carbocycles. The number of rotatable bonds is 3. The Hall–Kier alpha value is -1.00. The van der Waals surface area contributed by atoms with Gasteiger partial charge in [-0.2, -0.15) is 0 Å². The van der Waals surface area contributed by atoms with Crippen LogP contribution in [0.1, 0.15) is 11.1 Å². The number of nitrogens with zero attached hydrogens (tertiary/aromatic N) is 2. The molecule has 1 aliphatic rings. The predicted octanol–water partition coefficient (Wildman–Crippen LogP) is -0.568. The van der Waals surface area contributed by atoms with Gasteiger partial charge in [0.05, 0.1) is 19.4 Å². The van der Waals surface area contributed by atoms with Crippen LogP contribution >= 0.6 is 12.2 Å². The van der Waals surface area contributed by atoms with Crippen molar-refractivity contribution in [3.8, 4) is 0 Å². The normalized spacial score (nSPS) is 13.3. The van der Waals surface area contributed by atoms with E-state index in [1.165, 1.54) is 5.56 Å². The van der Waals surface area contributed by atoms with E-state index in [1.807, 2.05) is 29.2 Å². The average Bonchev–Trinajstić information content (AvgIpc) is 2.65. The lowest BCUT2D eigenvalue weighted by molar-refractivity contribution is -0.00000320. The summed E-state index contributed by atoms with van der Waals surface area (Å²) in [6.07, 6.45) is 3.93. The quantitative estimate of drug-likeness (QED) is 0.420. The van der Waals surface area contributed by atoms with Gasteiger partial charge >= 0.3 is 6.67 Å². The molecule has 0 aromatic heterocycles. The number of halogens is 1. The number of hydrogen-bond acceptors (Lipinski definition) is 3. The molecule has 2 rings (SSSR count). The van der Waals surface area contributed by atoms with Gasteiger partial charge in [-0.25, -0.2) is 0 Å². The molecule has 2 nitrogen and oxygen atoms in total. The van der Waals surface area contributed by atoms with Gasteiger partial charge in [0.2, 0.25) is 0 Å². The summed E-state index contributed by atoms with van der Waals surface area (Å²) in [4.78, 5) is 4.78. The third-order valence-electron chi connectivity index (χ3n) is 2.44. The summed E-state index contributed by atoms with van der Waals surface area (Å²) in [6.45, 7) is 5.92. The average molecular weight is 310 g/mol. The molecule has 1 radical (unpaired) electrons. The maximum Gasteiger partial charge on any atom is 0.564 e. The zero-order valence-corrected chi connectivity index (χ0v) is 12.3. The van der Waals surface area contributed by atoms with Crippen LogP contribution in [0.2, 0.25) is 0 Å². The topological polar surface area (TPSA) is 6.48 Å². The summed E-state index contributed by atoms with van der Waals surface area (Å²) >= 11 is 5.40. The van der Waals surface area contributed by atoms with Crippen molar-refractivity contribution in [3.05, 3.63) is 54.5 Å². The van der Waals surface area contributed by atoms with Crippen molar-refractivity contribution in [2.24, 2.45) is 0 Å². The van der Waals surface area contributed by atoms with Crippen LogP contribution in [0.15, 0.2) is 36.7 Å². The predicted molar refractivity (Wildman–Crippen MR) is 69.7 cm³/mol. The van der Waals surface area contributed by atoms with Gasteiger partial charge in [-0.3, -0.25) is 0 Å². The first-order valence-electron chi connectivity index (χ1n) is 5.19. The molecule has 17 heavy (non-hydrogen) atoms. The van der Waals surface area contributed by atoms with Crippen molar-refractivity contribution in [2.75, 3.05) is 13.6 Å². The first-order chi connectivity index (χ1) is 7.65. The molecule has 1 aromatic carbocycles. The molecule has 1 aliphatic heterocycles. The molecule has 1 aromatic rings. The third kappa shape index (κ3) is 3.75. The van der Waals surface area contributed by atoms with Crippen LogP contribution in [-0.2, 0) is 0 Å². The number of hydrogen-bond donors (Lipinski definition) is 0. The first kappa shape index (κ1) is 14.1. The zero-order chi connectivity index (χ0) is 11.5. The van der Waals surface area contributed by atoms with Gasteiger partial charge in [0, 0.05) is 4.86 Å². The van der Waals surface area contributed by atoms with E-state index < -0.39 is 0 Å². The SMILES string of the molecule is Cc1ccc(C(=S)CN2[C+]N(C)C=C2)cc1.[Br-]. The second kappa shape index (κ2) is 6.07. The Morgan fingerprint density at radius 3 is 2.41 bits per heavy atom. The van der Waals surface area contributed by atoms with Crippen LogP contribution in [0.3, 0.4) is 0 Å². The van der Waals surface area contributed by atoms with Crippen LogP contribution in [-0.4, -0.2) is 28.3 Å². The lowest BCUT2D eigenvalue weighted by atomic mass is 10.1. The minimum Gasteiger partial charge on any atom is -1.00 e. The fourth-order valence-electron chi connectivity index (χ4n) is 1.52. The van der Waals surface area contributed by atoms with E-state index >= 15 is 0 Å². The molecule has 0 bridgehead atoms. The van der Waals surface area contributed by atoms with Gasteiger partial charge in [-0.15, -0.1) is 9.80 Å². The fourth-order valence-corrected chi connectivity index (χ4v) is 1.80. The smallest absolute Gasteiger partial charge is 0.564 e. The van der Waals surface area contributed by atoms with E-state index in [0.717, 1.165) is 10.4 Å². The number of thiocarbonyl (C=S) groups is 1. The van der Waals surface area contributed by atoms with E-state index in [4.69, 9.17) is 12.2 Å². The molecular weight excluding hydrogens is 296 g/mol. The largest absolute Gasteiger partial charge is 1.00 e. The highest BCUT2D eigenvalue weighted by atomic mass is 79.9. The summed E-state index contributed by atoms with van der Waals surface area (Å²) < 4.78 is 0. The van der Waals surface area contributed by atoms with Crippen LogP contribution in [0, 0.1) is 13.6 Å². The molecule has 89 valence electrons. The van der Waals surface area contributed by atoms with Gasteiger partial charge in [-0.05, 0) is 12.5 Å². The van der Waals surface area contributed by atoms with E-state index in [2.05, 4.69) is 37.9 Å². The monoisotopic (exact) mass is 309 g/mol. The lowest BCUT2D eigenvalue weighted by Gasteiger charge is -2.05. The Morgan fingerprint density at radius 2 is 1.88 bits per heavy atom. The van der Waals surface area contributed by atoms with Gasteiger partial charge in [0.15, 0.2) is 0 Å². The summed E-state index contributed by atoms with van der Waals surface area (Å²) in [7, 11) is 1.95. The first-order valence-corrected chi connectivity index (χ1v) is 5.60. The molecule has 1 heterocycles. The van der Waals surface area contributed by atoms with Crippen molar-refractivity contribution in [3.63, 3.8) is 0 Å². The standard InChI is InChI=1S/C13H14N2S.BrH/c1-11-3-5-12(6-4-11)13(16)9-15-8-7-14(2)10-15;/h3-8H,9H2,1-2H3;1H/q+1;/p-1. The Kier molecular flexibility index (Phi) is 5.02. The minimum absolute atomic E-state index is 0. The van der Waals surface area contributed by atoms with Crippen LogP contribution in [0.25, 0.3) is 0 Å². The van der Waals surface area contributed by atoms with Crippen molar-refractivity contribution in [1.82, 2.24) is 9.80 Å². The highest BCUT2D eigenvalue weighted by Crippen LogP contribution is 2.11. The molecule has 0 N–H and O–H groups in total. The summed E-state index contributed by atoms with van der Waals surface area (Å²) in [6, 6.07) is 8.31. The molecule has 4 heteroatoms. The van der Waals surface area contributed by atoms with Gasteiger partial charge in [-0.1, -0.05) is 42.0 Å².